The Hall–Kier alpha value is -3.41. The van der Waals surface area contributed by atoms with Gasteiger partial charge in [0.2, 0.25) is 5.13 Å². The van der Waals surface area contributed by atoms with Gasteiger partial charge in [0, 0.05) is 6.42 Å². The van der Waals surface area contributed by atoms with Gasteiger partial charge in [0.1, 0.15) is 10.8 Å². The molecule has 2 N–H and O–H groups in total. The predicted octanol–water partition coefficient (Wildman–Crippen LogP) is 5.14. The lowest BCUT2D eigenvalue weighted by atomic mass is 10.1. The standard InChI is InChI=1S/C20H18F4N4O3S/c1-30-15-7-3-11(9-16(15)31-2)4-8-17-27-28-19(32-17)26-18(29)25-14-10-12(20(22,23)24)5-6-13(14)21/h3,5-7,9-10H,4,8H2,1-2H3,(H2,25,26,28,29). The van der Waals surface area contributed by atoms with E-state index in [1.165, 1.54) is 0 Å². The van der Waals surface area contributed by atoms with Crippen molar-refractivity contribution in [3.63, 3.8) is 0 Å². The number of alkyl halides is 3. The molecule has 2 amide bonds. The second-order valence-corrected chi connectivity index (χ2v) is 7.52. The van der Waals surface area contributed by atoms with E-state index >= 15 is 0 Å². The molecule has 0 unspecified atom stereocenters. The number of aromatic nitrogens is 2. The minimum atomic E-state index is -4.66. The number of nitrogens with zero attached hydrogens (tertiary/aromatic N) is 2. The van der Waals surface area contributed by atoms with Gasteiger partial charge in [-0.2, -0.15) is 13.2 Å². The number of urea groups is 1. The molecule has 3 aromatic rings. The van der Waals surface area contributed by atoms with Crippen molar-refractivity contribution in [1.29, 1.82) is 0 Å². The normalized spacial score (nSPS) is 11.2. The van der Waals surface area contributed by atoms with E-state index in [1.807, 2.05) is 17.4 Å². The minimum Gasteiger partial charge on any atom is -0.493 e. The summed E-state index contributed by atoms with van der Waals surface area (Å²) in [6, 6.07) is 6.33. The minimum absolute atomic E-state index is 0.122. The van der Waals surface area contributed by atoms with Gasteiger partial charge in [-0.3, -0.25) is 5.32 Å². The summed E-state index contributed by atoms with van der Waals surface area (Å²) >= 11 is 1.10. The number of aryl methyl sites for hydroxylation is 2. The quantitative estimate of drug-likeness (QED) is 0.467. The highest BCUT2D eigenvalue weighted by Crippen LogP contribution is 2.32. The molecular formula is C20H18F4N4O3S. The number of rotatable bonds is 7. The van der Waals surface area contributed by atoms with Crippen LogP contribution in [0.25, 0.3) is 0 Å². The average molecular weight is 470 g/mol. The number of halogens is 4. The third kappa shape index (κ3) is 5.84. The van der Waals surface area contributed by atoms with Crippen molar-refractivity contribution in [1.82, 2.24) is 10.2 Å². The Kier molecular flexibility index (Phi) is 7.13. The molecular weight excluding hydrogens is 452 g/mol. The van der Waals surface area contributed by atoms with E-state index < -0.39 is 29.3 Å². The molecule has 0 saturated heterocycles. The van der Waals surface area contributed by atoms with Crippen molar-refractivity contribution in [3.8, 4) is 11.5 Å². The van der Waals surface area contributed by atoms with Gasteiger partial charge in [-0.15, -0.1) is 10.2 Å². The molecule has 0 saturated carbocycles. The first-order valence-corrected chi connectivity index (χ1v) is 9.99. The van der Waals surface area contributed by atoms with Crippen molar-refractivity contribution in [2.45, 2.75) is 19.0 Å². The molecule has 1 aromatic heterocycles. The topological polar surface area (TPSA) is 85.4 Å². The fraction of sp³-hybridized carbons (Fsp3) is 0.250. The number of benzene rings is 2. The zero-order valence-corrected chi connectivity index (χ0v) is 17.7. The maximum Gasteiger partial charge on any atom is 0.416 e. The third-order valence-corrected chi connectivity index (χ3v) is 5.20. The van der Waals surface area contributed by atoms with E-state index in [0.29, 0.717) is 47.5 Å². The summed E-state index contributed by atoms with van der Waals surface area (Å²) in [7, 11) is 3.09. The summed E-state index contributed by atoms with van der Waals surface area (Å²) in [6.07, 6.45) is -3.52. The van der Waals surface area contributed by atoms with Crippen LogP contribution in [0.3, 0.4) is 0 Å². The van der Waals surface area contributed by atoms with Crippen LogP contribution in [-0.2, 0) is 19.0 Å². The van der Waals surface area contributed by atoms with E-state index in [9.17, 15) is 22.4 Å². The van der Waals surface area contributed by atoms with E-state index in [-0.39, 0.29) is 5.13 Å². The molecule has 7 nitrogen and oxygen atoms in total. The fourth-order valence-electron chi connectivity index (χ4n) is 2.74. The van der Waals surface area contributed by atoms with E-state index in [1.54, 1.807) is 20.3 Å². The molecule has 0 aliphatic rings. The van der Waals surface area contributed by atoms with Crippen molar-refractivity contribution < 1.29 is 31.8 Å². The highest BCUT2D eigenvalue weighted by Gasteiger charge is 2.31. The van der Waals surface area contributed by atoms with Crippen molar-refractivity contribution in [3.05, 3.63) is 58.3 Å². The van der Waals surface area contributed by atoms with Gasteiger partial charge >= 0.3 is 12.2 Å². The van der Waals surface area contributed by atoms with E-state index in [4.69, 9.17) is 9.47 Å². The van der Waals surface area contributed by atoms with Gasteiger partial charge in [-0.25, -0.2) is 9.18 Å². The molecule has 0 aliphatic carbocycles. The first-order valence-electron chi connectivity index (χ1n) is 9.17. The van der Waals surface area contributed by atoms with Crippen LogP contribution in [0.4, 0.5) is 33.2 Å². The summed E-state index contributed by atoms with van der Waals surface area (Å²) in [5, 5.41) is 12.9. The molecule has 2 aromatic carbocycles. The van der Waals surface area contributed by atoms with Crippen LogP contribution in [0.2, 0.25) is 0 Å². The lowest BCUT2D eigenvalue weighted by Crippen LogP contribution is -2.20. The molecule has 0 atom stereocenters. The zero-order chi connectivity index (χ0) is 23.3. The van der Waals surface area contributed by atoms with Gasteiger partial charge < -0.3 is 14.8 Å². The first kappa shape index (κ1) is 23.3. The predicted molar refractivity (Wildman–Crippen MR) is 111 cm³/mol. The van der Waals surface area contributed by atoms with Crippen LogP contribution in [-0.4, -0.2) is 30.4 Å². The lowest BCUT2D eigenvalue weighted by molar-refractivity contribution is -0.137. The summed E-state index contributed by atoms with van der Waals surface area (Å²) in [4.78, 5) is 12.1. The van der Waals surface area contributed by atoms with Gasteiger partial charge in [0.05, 0.1) is 25.5 Å². The summed E-state index contributed by atoms with van der Waals surface area (Å²) in [6.45, 7) is 0. The molecule has 0 spiro atoms. The molecule has 12 heteroatoms. The molecule has 0 bridgehead atoms. The van der Waals surface area contributed by atoms with E-state index in [2.05, 4.69) is 15.5 Å². The number of hydrogen-bond acceptors (Lipinski definition) is 6. The number of anilines is 2. The Balaban J connectivity index is 1.59. The molecule has 3 rings (SSSR count). The summed E-state index contributed by atoms with van der Waals surface area (Å²) < 4.78 is 62.6. The number of hydrogen-bond donors (Lipinski definition) is 2. The fourth-order valence-corrected chi connectivity index (χ4v) is 3.47. The van der Waals surface area contributed by atoms with Gasteiger partial charge in [0.25, 0.3) is 0 Å². The van der Waals surface area contributed by atoms with Crippen LogP contribution < -0.4 is 20.1 Å². The molecule has 0 fully saturated rings. The summed E-state index contributed by atoms with van der Waals surface area (Å²) in [5.74, 6) is 0.214. The molecule has 32 heavy (non-hydrogen) atoms. The Morgan fingerprint density at radius 2 is 1.75 bits per heavy atom. The Labute approximate surface area is 184 Å². The SMILES string of the molecule is COc1ccc(CCc2nnc(NC(=O)Nc3cc(C(F)(F)F)ccc3F)s2)cc1OC. The first-order chi connectivity index (χ1) is 15.2. The lowest BCUT2D eigenvalue weighted by Gasteiger charge is -2.10. The number of nitrogens with one attached hydrogen (secondary N) is 2. The highest BCUT2D eigenvalue weighted by atomic mass is 32.1. The Bertz CT molecular complexity index is 1100. The van der Waals surface area contributed by atoms with Crippen LogP contribution in [0.1, 0.15) is 16.1 Å². The molecule has 1 heterocycles. The number of amides is 2. The smallest absolute Gasteiger partial charge is 0.416 e. The summed E-state index contributed by atoms with van der Waals surface area (Å²) in [5.41, 5.74) is -0.705. The molecule has 170 valence electrons. The second kappa shape index (κ2) is 9.81. The number of carbonyl (C=O) groups is 1. The maximum atomic E-state index is 13.8. The van der Waals surface area contributed by atoms with Crippen LogP contribution in [0.5, 0.6) is 11.5 Å². The van der Waals surface area contributed by atoms with E-state index in [0.717, 1.165) is 16.9 Å². The Morgan fingerprint density at radius 3 is 2.44 bits per heavy atom. The van der Waals surface area contributed by atoms with Crippen molar-refractivity contribution in [2.24, 2.45) is 0 Å². The number of ether oxygens (including phenoxy) is 2. The second-order valence-electron chi connectivity index (χ2n) is 6.46. The molecule has 0 radical (unpaired) electrons. The monoisotopic (exact) mass is 470 g/mol. The van der Waals surface area contributed by atoms with Crippen LogP contribution in [0, 0.1) is 5.82 Å². The maximum absolute atomic E-state index is 13.8. The number of carbonyl (C=O) groups excluding carboxylic acids is 1. The molecule has 0 aliphatic heterocycles. The Morgan fingerprint density at radius 1 is 1.00 bits per heavy atom. The van der Waals surface area contributed by atoms with Crippen molar-refractivity contribution in [2.75, 3.05) is 24.9 Å². The van der Waals surface area contributed by atoms with Gasteiger partial charge in [0.15, 0.2) is 11.5 Å². The van der Waals surface area contributed by atoms with Gasteiger partial charge in [-0.05, 0) is 42.3 Å². The van der Waals surface area contributed by atoms with Crippen molar-refractivity contribution >= 4 is 28.2 Å². The number of methoxy groups -OCH3 is 2. The third-order valence-electron chi connectivity index (χ3n) is 4.30. The van der Waals surface area contributed by atoms with Gasteiger partial charge in [-0.1, -0.05) is 17.4 Å². The average Bonchev–Trinajstić information content (AvgIpc) is 3.19. The largest absolute Gasteiger partial charge is 0.493 e. The van der Waals surface area contributed by atoms with Crippen LogP contribution >= 0.6 is 11.3 Å². The van der Waals surface area contributed by atoms with Crippen LogP contribution in [0.15, 0.2) is 36.4 Å². The zero-order valence-electron chi connectivity index (χ0n) is 16.9. The highest BCUT2D eigenvalue weighted by molar-refractivity contribution is 7.15.